The van der Waals surface area contributed by atoms with Crippen molar-refractivity contribution < 1.29 is 9.90 Å². The van der Waals surface area contributed by atoms with Crippen molar-refractivity contribution in [3.05, 3.63) is 71.3 Å². The molecule has 0 aliphatic heterocycles. The lowest BCUT2D eigenvalue weighted by molar-refractivity contribution is 0.0697. The van der Waals surface area contributed by atoms with Crippen LogP contribution in [0.5, 0.6) is 0 Å². The molecule has 1 N–H and O–H groups in total. The lowest BCUT2D eigenvalue weighted by Crippen LogP contribution is -2.05. The highest BCUT2D eigenvalue weighted by Gasteiger charge is 2.11. The van der Waals surface area contributed by atoms with Crippen LogP contribution >= 0.6 is 0 Å². The number of carbonyl (C=O) groups is 1. The summed E-state index contributed by atoms with van der Waals surface area (Å²) in [6, 6.07) is 14.9. The Morgan fingerprint density at radius 1 is 1.11 bits per heavy atom. The molecule has 5 heteroatoms. The van der Waals surface area contributed by atoms with Gasteiger partial charge in [0.15, 0.2) is 5.82 Å². The van der Waals surface area contributed by atoms with Crippen molar-refractivity contribution in [1.82, 2.24) is 14.8 Å². The number of aromatic carboxylic acids is 1. The molecule has 0 spiro atoms. The van der Waals surface area contributed by atoms with Gasteiger partial charge in [0, 0.05) is 12.8 Å². The molecule has 0 aliphatic carbocycles. The molecule has 1 heterocycles. The summed E-state index contributed by atoms with van der Waals surface area (Å²) in [6.07, 6.45) is 1.53. The smallest absolute Gasteiger partial charge is 0.336 e. The van der Waals surface area contributed by atoms with Crippen molar-refractivity contribution in [3.8, 4) is 23.0 Å². The van der Waals surface area contributed by atoms with E-state index in [1.807, 2.05) is 54.9 Å². The molecule has 1 aromatic heterocycles. The minimum Gasteiger partial charge on any atom is -0.478 e. The first-order valence-corrected chi connectivity index (χ1v) is 8.96. The van der Waals surface area contributed by atoms with E-state index in [0.29, 0.717) is 23.5 Å². The van der Waals surface area contributed by atoms with Gasteiger partial charge >= 0.3 is 5.97 Å². The summed E-state index contributed by atoms with van der Waals surface area (Å²) in [7, 11) is 0. The third kappa shape index (κ3) is 4.24. The van der Waals surface area contributed by atoms with Crippen LogP contribution in [-0.4, -0.2) is 25.8 Å². The molecule has 136 valence electrons. The first-order chi connectivity index (χ1) is 13.1. The van der Waals surface area contributed by atoms with Gasteiger partial charge in [-0.1, -0.05) is 62.2 Å². The van der Waals surface area contributed by atoms with Gasteiger partial charge in [0.1, 0.15) is 0 Å². The molecule has 3 rings (SSSR count). The van der Waals surface area contributed by atoms with Crippen LogP contribution < -0.4 is 0 Å². The molecule has 0 fully saturated rings. The van der Waals surface area contributed by atoms with Crippen LogP contribution in [0.15, 0.2) is 48.5 Å². The summed E-state index contributed by atoms with van der Waals surface area (Å²) in [6.45, 7) is 4.59. The molecule has 2 aromatic carbocycles. The zero-order valence-electron chi connectivity index (χ0n) is 15.4. The van der Waals surface area contributed by atoms with E-state index >= 15 is 0 Å². The molecule has 0 atom stereocenters. The molecule has 0 radical (unpaired) electrons. The second-order valence-corrected chi connectivity index (χ2v) is 6.07. The average molecular weight is 359 g/mol. The Hall–Kier alpha value is -3.39. The van der Waals surface area contributed by atoms with Gasteiger partial charge in [0.2, 0.25) is 5.82 Å². The molecule has 0 saturated carbocycles. The Balaban J connectivity index is 1.87. The van der Waals surface area contributed by atoms with Crippen LogP contribution in [0, 0.1) is 11.8 Å². The van der Waals surface area contributed by atoms with E-state index < -0.39 is 5.97 Å². The highest BCUT2D eigenvalue weighted by atomic mass is 16.4. The summed E-state index contributed by atoms with van der Waals surface area (Å²) in [5.41, 5.74) is 2.93. The zero-order valence-corrected chi connectivity index (χ0v) is 15.4. The van der Waals surface area contributed by atoms with Crippen molar-refractivity contribution in [3.63, 3.8) is 0 Å². The van der Waals surface area contributed by atoms with E-state index in [1.54, 1.807) is 12.1 Å². The van der Waals surface area contributed by atoms with Crippen LogP contribution in [0.3, 0.4) is 0 Å². The fraction of sp³-hybridized carbons (Fsp3) is 0.227. The molecule has 5 nitrogen and oxygen atoms in total. The molecule has 0 amide bonds. The highest BCUT2D eigenvalue weighted by molar-refractivity contribution is 5.95. The van der Waals surface area contributed by atoms with Gasteiger partial charge in [-0.25, -0.2) is 14.5 Å². The Morgan fingerprint density at radius 2 is 1.85 bits per heavy atom. The van der Waals surface area contributed by atoms with Crippen molar-refractivity contribution in [2.75, 3.05) is 0 Å². The molecular formula is C22H21N3O2. The largest absolute Gasteiger partial charge is 0.478 e. The number of carboxylic acid groups (broad SMARTS) is 1. The normalized spacial score (nSPS) is 10.3. The number of rotatable bonds is 5. The fourth-order valence-electron chi connectivity index (χ4n) is 2.79. The third-order valence-electron chi connectivity index (χ3n) is 4.16. The number of hydrogen-bond donors (Lipinski definition) is 1. The van der Waals surface area contributed by atoms with Crippen molar-refractivity contribution in [2.24, 2.45) is 0 Å². The van der Waals surface area contributed by atoms with Crippen molar-refractivity contribution >= 4 is 5.97 Å². The Bertz CT molecular complexity index is 1010. The van der Waals surface area contributed by atoms with Gasteiger partial charge in [-0.3, -0.25) is 0 Å². The lowest BCUT2D eigenvalue weighted by atomic mass is 9.99. The van der Waals surface area contributed by atoms with Gasteiger partial charge in [-0.15, -0.1) is 0 Å². The highest BCUT2D eigenvalue weighted by Crippen LogP contribution is 2.24. The maximum atomic E-state index is 11.4. The van der Waals surface area contributed by atoms with E-state index in [4.69, 9.17) is 0 Å². The van der Waals surface area contributed by atoms with Crippen LogP contribution in [0.2, 0.25) is 0 Å². The average Bonchev–Trinajstić information content (AvgIpc) is 3.08. The standard InChI is InChI=1S/C22H21N3O2/c1-3-5-10-21-23-20(4-2)24-25(21)15-16-11-13-17(14-12-16)18-8-6-7-9-19(18)22(26)27/h6-9,11-14H,3-4,15H2,1-2H3,(H,26,27). The Labute approximate surface area is 158 Å². The van der Waals surface area contributed by atoms with Crippen LogP contribution in [-0.2, 0) is 13.0 Å². The Kier molecular flexibility index (Phi) is 5.68. The van der Waals surface area contributed by atoms with Crippen LogP contribution in [0.1, 0.15) is 47.8 Å². The molecular weight excluding hydrogens is 338 g/mol. The first kappa shape index (κ1) is 18.4. The molecule has 27 heavy (non-hydrogen) atoms. The fourth-order valence-corrected chi connectivity index (χ4v) is 2.79. The predicted octanol–water partition coefficient (Wildman–Crippen LogP) is 4.02. The number of nitrogens with zero attached hydrogens (tertiary/aromatic N) is 3. The van der Waals surface area contributed by atoms with E-state index in [0.717, 1.165) is 29.8 Å². The summed E-state index contributed by atoms with van der Waals surface area (Å²) >= 11 is 0. The number of aromatic nitrogens is 3. The maximum Gasteiger partial charge on any atom is 0.336 e. The zero-order chi connectivity index (χ0) is 19.2. The second-order valence-electron chi connectivity index (χ2n) is 6.07. The first-order valence-electron chi connectivity index (χ1n) is 8.96. The summed E-state index contributed by atoms with van der Waals surface area (Å²) in [4.78, 5) is 15.9. The van der Waals surface area contributed by atoms with Crippen LogP contribution in [0.25, 0.3) is 11.1 Å². The summed E-state index contributed by atoms with van der Waals surface area (Å²) in [5, 5.41) is 13.9. The number of carboxylic acids is 1. The minimum atomic E-state index is -0.927. The molecule has 3 aromatic rings. The predicted molar refractivity (Wildman–Crippen MR) is 105 cm³/mol. The third-order valence-corrected chi connectivity index (χ3v) is 4.16. The second kappa shape index (κ2) is 8.33. The van der Waals surface area contributed by atoms with E-state index in [9.17, 15) is 9.90 Å². The van der Waals surface area contributed by atoms with E-state index in [2.05, 4.69) is 21.9 Å². The van der Waals surface area contributed by atoms with E-state index in [-0.39, 0.29) is 0 Å². The number of aryl methyl sites for hydroxylation is 1. The molecule has 0 saturated heterocycles. The number of benzene rings is 2. The quantitative estimate of drug-likeness (QED) is 0.699. The molecule has 0 bridgehead atoms. The van der Waals surface area contributed by atoms with Crippen LogP contribution in [0.4, 0.5) is 0 Å². The molecule has 0 aliphatic rings. The summed E-state index contributed by atoms with van der Waals surface area (Å²) in [5.74, 6) is 6.64. The maximum absolute atomic E-state index is 11.4. The lowest BCUT2D eigenvalue weighted by Gasteiger charge is -2.08. The van der Waals surface area contributed by atoms with Gasteiger partial charge in [-0.05, 0) is 28.7 Å². The Morgan fingerprint density at radius 3 is 2.52 bits per heavy atom. The summed E-state index contributed by atoms with van der Waals surface area (Å²) < 4.78 is 1.82. The SMILES string of the molecule is CCC#Cc1nc(CC)nn1Cc1ccc(-c2ccccc2C(=O)O)cc1. The van der Waals surface area contributed by atoms with Crippen molar-refractivity contribution in [1.29, 1.82) is 0 Å². The van der Waals surface area contributed by atoms with Gasteiger partial charge in [0.05, 0.1) is 12.1 Å². The topological polar surface area (TPSA) is 68.0 Å². The number of hydrogen-bond acceptors (Lipinski definition) is 3. The van der Waals surface area contributed by atoms with Gasteiger partial charge < -0.3 is 5.11 Å². The van der Waals surface area contributed by atoms with Gasteiger partial charge in [0.25, 0.3) is 0 Å². The monoisotopic (exact) mass is 359 g/mol. The van der Waals surface area contributed by atoms with E-state index in [1.165, 1.54) is 0 Å². The minimum absolute atomic E-state index is 0.297. The van der Waals surface area contributed by atoms with Crippen molar-refractivity contribution in [2.45, 2.75) is 33.2 Å². The molecule has 0 unspecified atom stereocenters. The van der Waals surface area contributed by atoms with Gasteiger partial charge in [-0.2, -0.15) is 5.10 Å².